The average Bonchev–Trinajstić information content (AvgIpc) is 2.46. The lowest BCUT2D eigenvalue weighted by Gasteiger charge is -2.16. The molecule has 0 amide bonds. The molecule has 0 bridgehead atoms. The van der Waals surface area contributed by atoms with Gasteiger partial charge in [0.1, 0.15) is 17.2 Å². The second kappa shape index (κ2) is 6.30. The number of hydrogen-bond acceptors (Lipinski definition) is 4. The van der Waals surface area contributed by atoms with Crippen molar-refractivity contribution in [1.82, 2.24) is 0 Å². The molecule has 0 aliphatic rings. The summed E-state index contributed by atoms with van der Waals surface area (Å²) in [4.78, 5) is 0. The van der Waals surface area contributed by atoms with E-state index in [-0.39, 0.29) is 5.75 Å². The maximum absolute atomic E-state index is 10.3. The smallest absolute Gasteiger partial charge is 0.128 e. The van der Waals surface area contributed by atoms with Gasteiger partial charge in [-0.05, 0) is 29.8 Å². The number of aliphatic hydroxyl groups is 1. The lowest BCUT2D eigenvalue weighted by atomic mass is 10.0. The zero-order valence-corrected chi connectivity index (χ0v) is 11.5. The standard InChI is InChI=1S/C16H18O4/c1-19-13-6-7-14(16(10-13)20-2)15(18)9-11-4-3-5-12(17)8-11/h3-8,10,15,17-18H,9H2,1-2H3. The van der Waals surface area contributed by atoms with E-state index in [1.165, 1.54) is 0 Å². The Kier molecular flexibility index (Phi) is 4.48. The SMILES string of the molecule is COc1ccc(C(O)Cc2cccc(O)c2)c(OC)c1. The Morgan fingerprint density at radius 2 is 1.85 bits per heavy atom. The fourth-order valence-electron chi connectivity index (χ4n) is 2.11. The van der Waals surface area contributed by atoms with Crippen LogP contribution >= 0.6 is 0 Å². The molecule has 0 aliphatic heterocycles. The number of hydrogen-bond donors (Lipinski definition) is 2. The third kappa shape index (κ3) is 3.22. The van der Waals surface area contributed by atoms with Crippen molar-refractivity contribution in [2.24, 2.45) is 0 Å². The van der Waals surface area contributed by atoms with Crippen LogP contribution in [0.15, 0.2) is 42.5 Å². The molecule has 0 radical (unpaired) electrons. The molecule has 106 valence electrons. The number of phenols is 1. The van der Waals surface area contributed by atoms with Crippen LogP contribution in [-0.4, -0.2) is 24.4 Å². The molecule has 2 aromatic rings. The molecule has 20 heavy (non-hydrogen) atoms. The quantitative estimate of drug-likeness (QED) is 0.880. The molecule has 0 spiro atoms. The molecule has 1 unspecified atom stereocenters. The summed E-state index contributed by atoms with van der Waals surface area (Å²) in [7, 11) is 3.14. The molecule has 0 aromatic heterocycles. The van der Waals surface area contributed by atoms with Gasteiger partial charge in [0.15, 0.2) is 0 Å². The predicted octanol–water partition coefficient (Wildman–Crippen LogP) is 2.69. The van der Waals surface area contributed by atoms with Gasteiger partial charge in [0.25, 0.3) is 0 Å². The minimum Gasteiger partial charge on any atom is -0.508 e. The van der Waals surface area contributed by atoms with Crippen LogP contribution in [0.4, 0.5) is 0 Å². The van der Waals surface area contributed by atoms with Crippen molar-refractivity contribution in [2.45, 2.75) is 12.5 Å². The van der Waals surface area contributed by atoms with Crippen LogP contribution in [0.25, 0.3) is 0 Å². The first-order chi connectivity index (χ1) is 9.63. The fourth-order valence-corrected chi connectivity index (χ4v) is 2.11. The fraction of sp³-hybridized carbons (Fsp3) is 0.250. The van der Waals surface area contributed by atoms with E-state index in [9.17, 15) is 10.2 Å². The number of methoxy groups -OCH3 is 2. The van der Waals surface area contributed by atoms with Crippen LogP contribution in [0, 0.1) is 0 Å². The summed E-state index contributed by atoms with van der Waals surface area (Å²) in [5.41, 5.74) is 1.55. The van der Waals surface area contributed by atoms with Gasteiger partial charge >= 0.3 is 0 Å². The number of ether oxygens (including phenoxy) is 2. The minimum absolute atomic E-state index is 0.191. The van der Waals surface area contributed by atoms with Crippen molar-refractivity contribution in [3.05, 3.63) is 53.6 Å². The van der Waals surface area contributed by atoms with E-state index < -0.39 is 6.10 Å². The molecule has 0 saturated heterocycles. The molecule has 4 heteroatoms. The lowest BCUT2D eigenvalue weighted by molar-refractivity contribution is 0.174. The highest BCUT2D eigenvalue weighted by molar-refractivity contribution is 5.42. The van der Waals surface area contributed by atoms with Gasteiger partial charge in [0.05, 0.1) is 20.3 Å². The Balaban J connectivity index is 2.22. The van der Waals surface area contributed by atoms with E-state index in [0.29, 0.717) is 23.5 Å². The van der Waals surface area contributed by atoms with Gasteiger partial charge in [-0.1, -0.05) is 12.1 Å². The minimum atomic E-state index is -0.711. The van der Waals surface area contributed by atoms with Crippen LogP contribution in [0.1, 0.15) is 17.2 Å². The van der Waals surface area contributed by atoms with E-state index in [1.807, 2.05) is 6.07 Å². The van der Waals surface area contributed by atoms with Crippen LogP contribution in [-0.2, 0) is 6.42 Å². The van der Waals surface area contributed by atoms with Crippen LogP contribution in [0.3, 0.4) is 0 Å². The topological polar surface area (TPSA) is 58.9 Å². The summed E-state index contributed by atoms with van der Waals surface area (Å²) >= 11 is 0. The van der Waals surface area contributed by atoms with Crippen LogP contribution in [0.5, 0.6) is 17.2 Å². The molecular formula is C16H18O4. The highest BCUT2D eigenvalue weighted by atomic mass is 16.5. The van der Waals surface area contributed by atoms with Gasteiger partial charge in [-0.25, -0.2) is 0 Å². The maximum Gasteiger partial charge on any atom is 0.128 e. The summed E-state index contributed by atoms with van der Waals surface area (Å²) in [6.45, 7) is 0. The second-order valence-corrected chi connectivity index (χ2v) is 4.50. The van der Waals surface area contributed by atoms with Crippen molar-refractivity contribution in [3.63, 3.8) is 0 Å². The first-order valence-electron chi connectivity index (χ1n) is 6.32. The van der Waals surface area contributed by atoms with E-state index in [0.717, 1.165) is 5.56 Å². The van der Waals surface area contributed by atoms with Crippen LogP contribution in [0.2, 0.25) is 0 Å². The van der Waals surface area contributed by atoms with Crippen molar-refractivity contribution in [3.8, 4) is 17.2 Å². The van der Waals surface area contributed by atoms with Gasteiger partial charge in [-0.15, -0.1) is 0 Å². The van der Waals surface area contributed by atoms with Gasteiger partial charge in [0.2, 0.25) is 0 Å². The second-order valence-electron chi connectivity index (χ2n) is 4.50. The molecule has 2 aromatic carbocycles. The Bertz CT molecular complexity index is 580. The van der Waals surface area contributed by atoms with Crippen molar-refractivity contribution >= 4 is 0 Å². The highest BCUT2D eigenvalue weighted by Gasteiger charge is 2.15. The van der Waals surface area contributed by atoms with E-state index >= 15 is 0 Å². The Morgan fingerprint density at radius 1 is 1.05 bits per heavy atom. The summed E-state index contributed by atoms with van der Waals surface area (Å²) in [5, 5.41) is 19.8. The number of phenolic OH excluding ortho intramolecular Hbond substituents is 1. The Hall–Kier alpha value is -2.20. The normalized spacial score (nSPS) is 11.9. The Labute approximate surface area is 118 Å². The first kappa shape index (κ1) is 14.2. The maximum atomic E-state index is 10.3. The van der Waals surface area contributed by atoms with Gasteiger partial charge < -0.3 is 19.7 Å². The molecule has 4 nitrogen and oxygen atoms in total. The molecule has 2 N–H and O–H groups in total. The summed E-state index contributed by atoms with van der Waals surface area (Å²) in [6, 6.07) is 12.2. The first-order valence-corrected chi connectivity index (χ1v) is 6.32. The zero-order chi connectivity index (χ0) is 14.5. The molecule has 0 fully saturated rings. The summed E-state index contributed by atoms with van der Waals surface area (Å²) in [5.74, 6) is 1.45. The van der Waals surface area contributed by atoms with Crippen LogP contribution < -0.4 is 9.47 Å². The van der Waals surface area contributed by atoms with Crippen molar-refractivity contribution in [2.75, 3.05) is 14.2 Å². The molecule has 0 aliphatic carbocycles. The monoisotopic (exact) mass is 274 g/mol. The van der Waals surface area contributed by atoms with Crippen molar-refractivity contribution in [1.29, 1.82) is 0 Å². The van der Waals surface area contributed by atoms with Crippen molar-refractivity contribution < 1.29 is 19.7 Å². The molecule has 0 heterocycles. The third-order valence-corrected chi connectivity index (χ3v) is 3.14. The number of aliphatic hydroxyl groups excluding tert-OH is 1. The van der Waals surface area contributed by atoms with Gasteiger partial charge in [0, 0.05) is 18.1 Å². The highest BCUT2D eigenvalue weighted by Crippen LogP contribution is 2.31. The number of benzene rings is 2. The summed E-state index contributed by atoms with van der Waals surface area (Å²) < 4.78 is 10.4. The number of aromatic hydroxyl groups is 1. The zero-order valence-electron chi connectivity index (χ0n) is 11.5. The summed E-state index contributed by atoms with van der Waals surface area (Å²) in [6.07, 6.45) is -0.311. The van der Waals surface area contributed by atoms with E-state index in [2.05, 4.69) is 0 Å². The molecule has 1 atom stereocenters. The van der Waals surface area contributed by atoms with Gasteiger partial charge in [-0.2, -0.15) is 0 Å². The van der Waals surface area contributed by atoms with E-state index in [4.69, 9.17) is 9.47 Å². The molecular weight excluding hydrogens is 256 g/mol. The van der Waals surface area contributed by atoms with E-state index in [1.54, 1.807) is 50.6 Å². The average molecular weight is 274 g/mol. The largest absolute Gasteiger partial charge is 0.508 e. The lowest BCUT2D eigenvalue weighted by Crippen LogP contribution is -2.04. The Morgan fingerprint density at radius 3 is 2.50 bits per heavy atom. The number of rotatable bonds is 5. The molecule has 2 rings (SSSR count). The molecule has 0 saturated carbocycles. The van der Waals surface area contributed by atoms with Gasteiger partial charge in [-0.3, -0.25) is 0 Å². The third-order valence-electron chi connectivity index (χ3n) is 3.14. The predicted molar refractivity (Wildman–Crippen MR) is 76.3 cm³/mol.